The zero-order valence-electron chi connectivity index (χ0n) is 13.1. The fraction of sp³-hybridized carbons (Fsp3) is 0.0588. The van der Waals surface area contributed by atoms with Crippen LogP contribution in [-0.4, -0.2) is 24.9 Å². The number of aromatic amines is 1. The number of hydrogen-bond donors (Lipinski definition) is 2. The molecule has 0 aliphatic heterocycles. The number of rotatable bonds is 3. The average Bonchev–Trinajstić information content (AvgIpc) is 3.01. The van der Waals surface area contributed by atoms with E-state index in [0.29, 0.717) is 28.5 Å². The fourth-order valence-corrected chi connectivity index (χ4v) is 2.70. The Balaban J connectivity index is 1.80. The van der Waals surface area contributed by atoms with Crippen LogP contribution in [-0.2, 0) is 0 Å². The van der Waals surface area contributed by atoms with Crippen molar-refractivity contribution in [1.82, 2.24) is 24.9 Å². The van der Waals surface area contributed by atoms with Crippen LogP contribution in [0.1, 0.15) is 5.69 Å². The van der Waals surface area contributed by atoms with Gasteiger partial charge in [-0.05, 0) is 25.1 Å². The summed E-state index contributed by atoms with van der Waals surface area (Å²) in [5.74, 6) is 0.954. The lowest BCUT2D eigenvalue weighted by Crippen LogP contribution is -1.98. The number of fused-ring (bicyclic) bond motifs is 1. The second kappa shape index (κ2) is 6.10. The molecular weight excluding hydrogens is 343 g/mol. The third-order valence-corrected chi connectivity index (χ3v) is 3.95. The number of benzene rings is 1. The van der Waals surface area contributed by atoms with Crippen molar-refractivity contribution in [2.24, 2.45) is 0 Å². The van der Waals surface area contributed by atoms with Crippen molar-refractivity contribution >= 4 is 34.3 Å². The Labute approximate surface area is 147 Å². The van der Waals surface area contributed by atoms with Gasteiger partial charge in [-0.25, -0.2) is 19.3 Å². The molecule has 0 aliphatic rings. The highest BCUT2D eigenvalue weighted by atomic mass is 35.5. The normalized spacial score (nSPS) is 11.0. The molecule has 0 saturated heterocycles. The Morgan fingerprint density at radius 2 is 2.00 bits per heavy atom. The van der Waals surface area contributed by atoms with Gasteiger partial charge >= 0.3 is 0 Å². The zero-order chi connectivity index (χ0) is 17.4. The number of halogens is 2. The van der Waals surface area contributed by atoms with E-state index < -0.39 is 5.82 Å². The van der Waals surface area contributed by atoms with Gasteiger partial charge in [0.25, 0.3) is 0 Å². The van der Waals surface area contributed by atoms with Crippen LogP contribution in [0.3, 0.4) is 0 Å². The Kier molecular flexibility index (Phi) is 3.77. The molecule has 3 aromatic heterocycles. The van der Waals surface area contributed by atoms with Crippen molar-refractivity contribution in [2.45, 2.75) is 6.92 Å². The molecule has 0 atom stereocenters. The quantitative estimate of drug-likeness (QED) is 0.574. The number of anilines is 2. The van der Waals surface area contributed by atoms with Crippen molar-refractivity contribution in [3.05, 3.63) is 59.4 Å². The number of hydrogen-bond acceptors (Lipinski definition) is 5. The van der Waals surface area contributed by atoms with E-state index in [1.165, 1.54) is 6.07 Å². The van der Waals surface area contributed by atoms with Crippen LogP contribution in [0.15, 0.2) is 42.9 Å². The maximum Gasteiger partial charge on any atom is 0.157 e. The van der Waals surface area contributed by atoms with E-state index in [9.17, 15) is 4.39 Å². The summed E-state index contributed by atoms with van der Waals surface area (Å²) in [7, 11) is 0. The van der Waals surface area contributed by atoms with Gasteiger partial charge < -0.3 is 10.3 Å². The maximum atomic E-state index is 14.2. The molecular formula is C17H12ClFN6. The van der Waals surface area contributed by atoms with E-state index in [4.69, 9.17) is 11.6 Å². The van der Waals surface area contributed by atoms with Gasteiger partial charge in [0.2, 0.25) is 0 Å². The molecule has 0 aliphatic carbocycles. The third-order valence-electron chi connectivity index (χ3n) is 3.63. The molecule has 0 amide bonds. The first-order valence-corrected chi connectivity index (χ1v) is 7.84. The lowest BCUT2D eigenvalue weighted by atomic mass is 10.2. The summed E-state index contributed by atoms with van der Waals surface area (Å²) in [5.41, 5.74) is 2.29. The van der Waals surface area contributed by atoms with E-state index >= 15 is 0 Å². The van der Waals surface area contributed by atoms with Crippen LogP contribution in [0.4, 0.5) is 16.0 Å². The van der Waals surface area contributed by atoms with E-state index in [1.807, 2.05) is 6.92 Å². The molecule has 0 radical (unpaired) electrons. The molecule has 25 heavy (non-hydrogen) atoms. The van der Waals surface area contributed by atoms with Crippen LogP contribution >= 0.6 is 11.6 Å². The summed E-state index contributed by atoms with van der Waals surface area (Å²) in [6.45, 7) is 1.86. The van der Waals surface area contributed by atoms with E-state index in [2.05, 4.69) is 30.2 Å². The zero-order valence-corrected chi connectivity index (χ0v) is 13.8. The highest BCUT2D eigenvalue weighted by molar-refractivity contribution is 6.33. The molecule has 0 saturated carbocycles. The van der Waals surface area contributed by atoms with Gasteiger partial charge in [0, 0.05) is 6.20 Å². The molecule has 2 N–H and O–H groups in total. The standard InChI is InChI=1S/C17H12ClFN6/c1-9-7-22-13(8-21-9)24-17-15-12(5-6-20-17)23-16(25-15)14-10(18)3-2-4-11(14)19/h2-8H,1H3,(H,23,25)(H,20,22,24). The van der Waals surface area contributed by atoms with Crippen molar-refractivity contribution in [1.29, 1.82) is 0 Å². The molecule has 4 rings (SSSR count). The minimum atomic E-state index is -0.446. The first kappa shape index (κ1) is 15.5. The molecule has 8 heteroatoms. The summed E-state index contributed by atoms with van der Waals surface area (Å²) in [6.07, 6.45) is 4.88. The Morgan fingerprint density at radius 3 is 2.76 bits per heavy atom. The minimum absolute atomic E-state index is 0.224. The second-order valence-electron chi connectivity index (χ2n) is 5.40. The summed E-state index contributed by atoms with van der Waals surface area (Å²) >= 11 is 6.13. The van der Waals surface area contributed by atoms with E-state index in [1.54, 1.807) is 36.8 Å². The van der Waals surface area contributed by atoms with Crippen molar-refractivity contribution in [3.63, 3.8) is 0 Å². The Hall–Kier alpha value is -3.06. The van der Waals surface area contributed by atoms with Crippen LogP contribution in [0.2, 0.25) is 5.02 Å². The van der Waals surface area contributed by atoms with Gasteiger partial charge in [0.15, 0.2) is 5.82 Å². The van der Waals surface area contributed by atoms with Crippen LogP contribution in [0.5, 0.6) is 0 Å². The van der Waals surface area contributed by atoms with Crippen molar-refractivity contribution < 1.29 is 4.39 Å². The predicted octanol–water partition coefficient (Wildman–Crippen LogP) is 4.26. The smallest absolute Gasteiger partial charge is 0.157 e. The fourth-order valence-electron chi connectivity index (χ4n) is 2.45. The number of pyridine rings is 1. The topological polar surface area (TPSA) is 79.4 Å². The number of aryl methyl sites for hydroxylation is 1. The molecule has 124 valence electrons. The van der Waals surface area contributed by atoms with Crippen LogP contribution in [0.25, 0.3) is 22.4 Å². The predicted molar refractivity (Wildman–Crippen MR) is 94.3 cm³/mol. The number of nitrogens with zero attached hydrogens (tertiary/aromatic N) is 4. The summed E-state index contributed by atoms with van der Waals surface area (Å²) in [6, 6.07) is 6.24. The Bertz CT molecular complexity index is 1040. The highest BCUT2D eigenvalue weighted by Crippen LogP contribution is 2.31. The van der Waals surface area contributed by atoms with E-state index in [0.717, 1.165) is 5.69 Å². The van der Waals surface area contributed by atoms with Gasteiger partial charge in [-0.2, -0.15) is 0 Å². The molecule has 0 fully saturated rings. The minimum Gasteiger partial charge on any atom is -0.335 e. The maximum absolute atomic E-state index is 14.2. The SMILES string of the molecule is Cc1cnc(Nc2nccc3nc(-c4c(F)cccc4Cl)[nH]c23)cn1. The number of nitrogens with one attached hydrogen (secondary N) is 2. The third kappa shape index (κ3) is 2.89. The lowest BCUT2D eigenvalue weighted by molar-refractivity contribution is 0.630. The van der Waals surface area contributed by atoms with Crippen molar-refractivity contribution in [2.75, 3.05) is 5.32 Å². The summed E-state index contributed by atoms with van der Waals surface area (Å²) < 4.78 is 14.2. The molecule has 3 heterocycles. The van der Waals surface area contributed by atoms with Gasteiger partial charge in [-0.15, -0.1) is 0 Å². The number of imidazole rings is 1. The van der Waals surface area contributed by atoms with Gasteiger partial charge in [0.05, 0.1) is 34.2 Å². The lowest BCUT2D eigenvalue weighted by Gasteiger charge is -2.05. The molecule has 6 nitrogen and oxygen atoms in total. The second-order valence-corrected chi connectivity index (χ2v) is 5.81. The summed E-state index contributed by atoms with van der Waals surface area (Å²) in [5, 5.41) is 3.37. The molecule has 4 aromatic rings. The van der Waals surface area contributed by atoms with Crippen LogP contribution < -0.4 is 5.32 Å². The molecule has 0 spiro atoms. The largest absolute Gasteiger partial charge is 0.335 e. The first-order valence-electron chi connectivity index (χ1n) is 7.46. The monoisotopic (exact) mass is 354 g/mol. The first-order chi connectivity index (χ1) is 12.1. The van der Waals surface area contributed by atoms with E-state index in [-0.39, 0.29) is 10.6 Å². The number of aromatic nitrogens is 5. The Morgan fingerprint density at radius 1 is 1.12 bits per heavy atom. The van der Waals surface area contributed by atoms with Gasteiger partial charge in [0.1, 0.15) is 23.0 Å². The highest BCUT2D eigenvalue weighted by Gasteiger charge is 2.16. The van der Waals surface area contributed by atoms with Gasteiger partial charge in [-0.3, -0.25) is 4.98 Å². The summed E-state index contributed by atoms with van der Waals surface area (Å²) in [4.78, 5) is 20.2. The molecule has 1 aromatic carbocycles. The van der Waals surface area contributed by atoms with Gasteiger partial charge in [-0.1, -0.05) is 17.7 Å². The average molecular weight is 355 g/mol. The number of H-pyrrole nitrogens is 1. The molecule has 0 unspecified atom stereocenters. The molecule has 0 bridgehead atoms. The van der Waals surface area contributed by atoms with Crippen molar-refractivity contribution in [3.8, 4) is 11.4 Å². The van der Waals surface area contributed by atoms with Crippen LogP contribution in [0, 0.1) is 12.7 Å².